The van der Waals surface area contributed by atoms with Gasteiger partial charge in [0.2, 0.25) is 0 Å². The molecule has 0 aliphatic rings. The van der Waals surface area contributed by atoms with Crippen LogP contribution in [0, 0.1) is 5.92 Å². The molecule has 0 saturated carbocycles. The zero-order chi connectivity index (χ0) is 13.7. The molecular weight excluding hydrogens is 228 g/mol. The summed E-state index contributed by atoms with van der Waals surface area (Å²) in [5.74, 6) is 0.942. The van der Waals surface area contributed by atoms with E-state index in [1.807, 2.05) is 45.9 Å². The lowest BCUT2D eigenvalue weighted by Gasteiger charge is -2.21. The van der Waals surface area contributed by atoms with Gasteiger partial charge in [-0.1, -0.05) is 6.92 Å². The second kappa shape index (κ2) is 6.50. The third kappa shape index (κ3) is 4.45. The van der Waals surface area contributed by atoms with E-state index in [0.29, 0.717) is 5.69 Å². The van der Waals surface area contributed by atoms with Crippen molar-refractivity contribution >= 4 is 11.4 Å². The van der Waals surface area contributed by atoms with Crippen molar-refractivity contribution in [3.8, 4) is 5.75 Å². The average molecular weight is 252 g/mol. The van der Waals surface area contributed by atoms with E-state index >= 15 is 0 Å². The molecule has 0 bridgehead atoms. The van der Waals surface area contributed by atoms with E-state index in [0.717, 1.165) is 11.4 Å². The third-order valence-electron chi connectivity index (χ3n) is 2.84. The number of hydrogen-bond donors (Lipinski definition) is 3. The topological polar surface area (TPSA) is 67.5 Å². The lowest BCUT2D eigenvalue weighted by Crippen LogP contribution is -2.26. The fraction of sp³-hybridized carbons (Fsp3) is 0.571. The molecule has 0 fully saturated rings. The molecule has 0 amide bonds. The summed E-state index contributed by atoms with van der Waals surface area (Å²) in [5.41, 5.74) is 7.43. The molecule has 1 aromatic rings. The Morgan fingerprint density at radius 1 is 1.22 bits per heavy atom. The first-order valence-corrected chi connectivity index (χ1v) is 6.37. The van der Waals surface area contributed by atoms with E-state index in [4.69, 9.17) is 15.6 Å². The molecular formula is C14H24N2O2. The normalized spacial score (nSPS) is 14.3. The van der Waals surface area contributed by atoms with Gasteiger partial charge in [-0.3, -0.25) is 0 Å². The Hall–Kier alpha value is -1.42. The number of benzene rings is 1. The van der Waals surface area contributed by atoms with Crippen LogP contribution in [0.3, 0.4) is 0 Å². The highest BCUT2D eigenvalue weighted by Gasteiger charge is 2.11. The van der Waals surface area contributed by atoms with Crippen molar-refractivity contribution in [2.24, 2.45) is 5.92 Å². The van der Waals surface area contributed by atoms with Gasteiger partial charge in [0.15, 0.2) is 0 Å². The molecule has 102 valence electrons. The van der Waals surface area contributed by atoms with Crippen molar-refractivity contribution in [1.82, 2.24) is 0 Å². The number of hydrogen-bond acceptors (Lipinski definition) is 4. The van der Waals surface area contributed by atoms with E-state index in [1.165, 1.54) is 0 Å². The van der Waals surface area contributed by atoms with Crippen LogP contribution in [0.2, 0.25) is 0 Å². The van der Waals surface area contributed by atoms with E-state index in [9.17, 15) is 0 Å². The Balaban J connectivity index is 2.79. The maximum Gasteiger partial charge on any atom is 0.123 e. The van der Waals surface area contributed by atoms with Crippen LogP contribution in [0.4, 0.5) is 11.4 Å². The zero-order valence-electron chi connectivity index (χ0n) is 11.6. The summed E-state index contributed by atoms with van der Waals surface area (Å²) in [6, 6.07) is 5.78. The Bertz CT molecular complexity index is 380. The molecule has 0 aliphatic heterocycles. The minimum absolute atomic E-state index is 0.119. The highest BCUT2D eigenvalue weighted by Crippen LogP contribution is 2.24. The van der Waals surface area contributed by atoms with E-state index in [1.54, 1.807) is 0 Å². The van der Waals surface area contributed by atoms with Gasteiger partial charge < -0.3 is 20.9 Å². The number of ether oxygens (including phenoxy) is 1. The number of nitrogens with two attached hydrogens (primary N) is 1. The van der Waals surface area contributed by atoms with E-state index < -0.39 is 0 Å². The molecule has 0 saturated heterocycles. The Labute approximate surface area is 109 Å². The lowest BCUT2D eigenvalue weighted by molar-refractivity contribution is 0.226. The highest BCUT2D eigenvalue weighted by atomic mass is 16.5. The summed E-state index contributed by atoms with van der Waals surface area (Å²) in [6.07, 6.45) is 0.119. The fourth-order valence-electron chi connectivity index (χ4n) is 1.61. The van der Waals surface area contributed by atoms with Gasteiger partial charge in [-0.2, -0.15) is 0 Å². The fourth-order valence-corrected chi connectivity index (χ4v) is 1.61. The standard InChI is InChI=1S/C14H24N2O2/c1-9(2)18-14-6-12(15)5-13(7-14)16-11(4)10(3)8-17/h5-7,9-11,16-17H,8,15H2,1-4H3. The second-order valence-corrected chi connectivity index (χ2v) is 5.05. The third-order valence-corrected chi connectivity index (χ3v) is 2.84. The first-order chi connectivity index (χ1) is 8.42. The molecule has 2 atom stereocenters. The number of rotatable bonds is 6. The van der Waals surface area contributed by atoms with Crippen LogP contribution in [0.5, 0.6) is 5.75 Å². The zero-order valence-corrected chi connectivity index (χ0v) is 11.6. The van der Waals surface area contributed by atoms with Crippen molar-refractivity contribution in [1.29, 1.82) is 0 Å². The lowest BCUT2D eigenvalue weighted by atomic mass is 10.0. The van der Waals surface area contributed by atoms with E-state index in [-0.39, 0.29) is 24.7 Å². The minimum Gasteiger partial charge on any atom is -0.491 e. The van der Waals surface area contributed by atoms with Crippen molar-refractivity contribution in [3.05, 3.63) is 18.2 Å². The van der Waals surface area contributed by atoms with Gasteiger partial charge in [0.05, 0.1) is 6.10 Å². The van der Waals surface area contributed by atoms with Crippen LogP contribution >= 0.6 is 0 Å². The Morgan fingerprint density at radius 2 is 1.89 bits per heavy atom. The van der Waals surface area contributed by atoms with Crippen LogP contribution in [-0.4, -0.2) is 23.9 Å². The van der Waals surface area contributed by atoms with Crippen LogP contribution < -0.4 is 15.8 Å². The maximum absolute atomic E-state index is 9.12. The first kappa shape index (κ1) is 14.6. The smallest absolute Gasteiger partial charge is 0.123 e. The van der Waals surface area contributed by atoms with Gasteiger partial charge in [-0.25, -0.2) is 0 Å². The van der Waals surface area contributed by atoms with Crippen LogP contribution in [0.25, 0.3) is 0 Å². The molecule has 0 aromatic heterocycles. The predicted octanol–water partition coefficient (Wildman–Crippen LogP) is 2.48. The van der Waals surface area contributed by atoms with E-state index in [2.05, 4.69) is 5.32 Å². The number of nitrogens with one attached hydrogen (secondary N) is 1. The molecule has 4 nitrogen and oxygen atoms in total. The summed E-state index contributed by atoms with van der Waals surface area (Å²) >= 11 is 0. The maximum atomic E-state index is 9.12. The van der Waals surface area contributed by atoms with Crippen molar-refractivity contribution in [3.63, 3.8) is 0 Å². The quantitative estimate of drug-likeness (QED) is 0.680. The molecule has 1 rings (SSSR count). The summed E-state index contributed by atoms with van der Waals surface area (Å²) in [6.45, 7) is 8.15. The number of anilines is 2. The van der Waals surface area contributed by atoms with Gasteiger partial charge in [-0.15, -0.1) is 0 Å². The summed E-state index contributed by atoms with van der Waals surface area (Å²) in [5, 5.41) is 12.4. The summed E-state index contributed by atoms with van der Waals surface area (Å²) in [4.78, 5) is 0. The van der Waals surface area contributed by atoms with Gasteiger partial charge >= 0.3 is 0 Å². The molecule has 0 heterocycles. The SMILES string of the molecule is CC(C)Oc1cc(N)cc(NC(C)C(C)CO)c1. The Morgan fingerprint density at radius 3 is 2.44 bits per heavy atom. The van der Waals surface area contributed by atoms with Gasteiger partial charge in [0, 0.05) is 36.2 Å². The minimum atomic E-state index is 0.119. The Kier molecular flexibility index (Phi) is 5.28. The highest BCUT2D eigenvalue weighted by molar-refractivity contribution is 5.59. The molecule has 0 radical (unpaired) electrons. The molecule has 4 heteroatoms. The largest absolute Gasteiger partial charge is 0.491 e. The van der Waals surface area contributed by atoms with Gasteiger partial charge in [0.1, 0.15) is 5.75 Å². The van der Waals surface area contributed by atoms with Crippen molar-refractivity contribution in [2.75, 3.05) is 17.7 Å². The monoisotopic (exact) mass is 252 g/mol. The number of aliphatic hydroxyl groups is 1. The summed E-state index contributed by atoms with van der Waals surface area (Å²) in [7, 11) is 0. The molecule has 2 unspecified atom stereocenters. The van der Waals surface area contributed by atoms with Crippen LogP contribution in [0.15, 0.2) is 18.2 Å². The second-order valence-electron chi connectivity index (χ2n) is 5.05. The predicted molar refractivity (Wildman–Crippen MR) is 76.0 cm³/mol. The molecule has 4 N–H and O–H groups in total. The van der Waals surface area contributed by atoms with Gasteiger partial charge in [0.25, 0.3) is 0 Å². The van der Waals surface area contributed by atoms with Crippen LogP contribution in [0.1, 0.15) is 27.7 Å². The summed E-state index contributed by atoms with van der Waals surface area (Å²) < 4.78 is 5.63. The molecule has 18 heavy (non-hydrogen) atoms. The average Bonchev–Trinajstić information content (AvgIpc) is 2.25. The first-order valence-electron chi connectivity index (χ1n) is 6.37. The number of aliphatic hydroxyl groups excluding tert-OH is 1. The van der Waals surface area contributed by atoms with Gasteiger partial charge in [-0.05, 0) is 32.8 Å². The van der Waals surface area contributed by atoms with Crippen molar-refractivity contribution < 1.29 is 9.84 Å². The van der Waals surface area contributed by atoms with Crippen molar-refractivity contribution in [2.45, 2.75) is 39.8 Å². The molecule has 0 aliphatic carbocycles. The number of nitrogen functional groups attached to an aromatic ring is 1. The molecule has 0 spiro atoms. The van der Waals surface area contributed by atoms with Crippen LogP contribution in [-0.2, 0) is 0 Å². The molecule has 1 aromatic carbocycles.